The zero-order chi connectivity index (χ0) is 12.1. The van der Waals surface area contributed by atoms with Crippen LogP contribution in [0.1, 0.15) is 18.9 Å². The molecule has 0 bridgehead atoms. The Bertz CT molecular complexity index is 384. The fourth-order valence-corrected chi connectivity index (χ4v) is 2.22. The Hall–Kier alpha value is -1.14. The van der Waals surface area contributed by atoms with Gasteiger partial charge in [-0.1, -0.05) is 6.92 Å². The van der Waals surface area contributed by atoms with Crippen molar-refractivity contribution in [2.45, 2.75) is 30.5 Å². The lowest BCUT2D eigenvalue weighted by Crippen LogP contribution is -2.00. The number of hydrogen-bond acceptors (Lipinski definition) is 5. The monoisotopic (exact) mass is 242 g/mol. The summed E-state index contributed by atoms with van der Waals surface area (Å²) in [4.78, 5) is 14.2. The molecule has 1 rings (SSSR count). The lowest BCUT2D eigenvalue weighted by molar-refractivity contribution is -0.385. The van der Waals surface area contributed by atoms with Crippen molar-refractivity contribution in [2.75, 3.05) is 6.61 Å². The molecule has 1 heterocycles. The van der Waals surface area contributed by atoms with Crippen molar-refractivity contribution in [1.29, 1.82) is 0 Å². The van der Waals surface area contributed by atoms with Gasteiger partial charge in [0.1, 0.15) is 6.20 Å². The first kappa shape index (κ1) is 12.9. The van der Waals surface area contributed by atoms with Crippen LogP contribution in [0.5, 0.6) is 0 Å². The van der Waals surface area contributed by atoms with Gasteiger partial charge in [0.25, 0.3) is 5.69 Å². The van der Waals surface area contributed by atoms with Gasteiger partial charge in [0.2, 0.25) is 0 Å². The number of rotatable bonds is 5. The van der Waals surface area contributed by atoms with Crippen molar-refractivity contribution in [1.82, 2.24) is 4.98 Å². The highest BCUT2D eigenvalue weighted by molar-refractivity contribution is 7.99. The second-order valence-electron chi connectivity index (χ2n) is 3.51. The van der Waals surface area contributed by atoms with Crippen molar-refractivity contribution >= 4 is 17.4 Å². The van der Waals surface area contributed by atoms with Crippen LogP contribution in [-0.4, -0.2) is 26.9 Å². The number of pyridine rings is 1. The van der Waals surface area contributed by atoms with Gasteiger partial charge < -0.3 is 5.11 Å². The number of aromatic nitrogens is 1. The standard InChI is InChI=1S/C10H14N2O3S/c1-7-5-10(16-8(2)3-4-13)11-6-9(7)12(14)15/h5-6,8,13H,3-4H2,1-2H3. The van der Waals surface area contributed by atoms with E-state index in [0.29, 0.717) is 12.0 Å². The van der Waals surface area contributed by atoms with Crippen LogP contribution in [0.15, 0.2) is 17.3 Å². The van der Waals surface area contributed by atoms with Gasteiger partial charge in [-0.05, 0) is 19.4 Å². The summed E-state index contributed by atoms with van der Waals surface area (Å²) < 4.78 is 0. The molecule has 1 aromatic rings. The number of hydrogen-bond donors (Lipinski definition) is 1. The number of aryl methyl sites for hydroxylation is 1. The molecule has 0 spiro atoms. The first-order chi connectivity index (χ1) is 7.54. The van der Waals surface area contributed by atoms with Gasteiger partial charge in [-0.2, -0.15) is 0 Å². The number of aliphatic hydroxyl groups excluding tert-OH is 1. The van der Waals surface area contributed by atoms with E-state index in [0.717, 1.165) is 5.03 Å². The van der Waals surface area contributed by atoms with Crippen LogP contribution in [0.4, 0.5) is 5.69 Å². The van der Waals surface area contributed by atoms with Crippen LogP contribution >= 0.6 is 11.8 Å². The largest absolute Gasteiger partial charge is 0.396 e. The zero-order valence-electron chi connectivity index (χ0n) is 9.21. The van der Waals surface area contributed by atoms with E-state index in [2.05, 4.69) is 4.98 Å². The summed E-state index contributed by atoms with van der Waals surface area (Å²) in [6, 6.07) is 1.71. The van der Waals surface area contributed by atoms with Gasteiger partial charge in [0.15, 0.2) is 0 Å². The van der Waals surface area contributed by atoms with Crippen molar-refractivity contribution in [3.05, 3.63) is 27.9 Å². The SMILES string of the molecule is Cc1cc(SC(C)CCO)ncc1[N+](=O)[O-]. The maximum atomic E-state index is 10.6. The molecule has 16 heavy (non-hydrogen) atoms. The van der Waals surface area contributed by atoms with E-state index in [1.165, 1.54) is 18.0 Å². The van der Waals surface area contributed by atoms with E-state index < -0.39 is 4.92 Å². The number of thioether (sulfide) groups is 1. The van der Waals surface area contributed by atoms with Crippen molar-refractivity contribution < 1.29 is 10.0 Å². The maximum Gasteiger partial charge on any atom is 0.290 e. The molecule has 0 aromatic carbocycles. The summed E-state index contributed by atoms with van der Waals surface area (Å²) in [5.41, 5.74) is 0.651. The van der Waals surface area contributed by atoms with E-state index in [1.54, 1.807) is 13.0 Å². The summed E-state index contributed by atoms with van der Waals surface area (Å²) in [7, 11) is 0. The van der Waals surface area contributed by atoms with Crippen molar-refractivity contribution in [2.24, 2.45) is 0 Å². The lowest BCUT2D eigenvalue weighted by Gasteiger charge is -2.08. The third-order valence-corrected chi connectivity index (χ3v) is 3.22. The molecule has 5 nitrogen and oxygen atoms in total. The Morgan fingerprint density at radius 2 is 2.38 bits per heavy atom. The van der Waals surface area contributed by atoms with Gasteiger partial charge in [-0.15, -0.1) is 11.8 Å². The zero-order valence-corrected chi connectivity index (χ0v) is 10.0. The summed E-state index contributed by atoms with van der Waals surface area (Å²) in [5.74, 6) is 0. The molecule has 0 aliphatic carbocycles. The molecule has 88 valence electrons. The topological polar surface area (TPSA) is 76.3 Å². The third kappa shape index (κ3) is 3.46. The normalized spacial score (nSPS) is 12.4. The van der Waals surface area contributed by atoms with Gasteiger partial charge >= 0.3 is 0 Å². The quantitative estimate of drug-likeness (QED) is 0.486. The predicted molar refractivity (Wildman–Crippen MR) is 62.7 cm³/mol. The Morgan fingerprint density at radius 3 is 2.88 bits per heavy atom. The molecule has 0 fully saturated rings. The fourth-order valence-electron chi connectivity index (χ4n) is 1.23. The number of aliphatic hydroxyl groups is 1. The molecule has 0 amide bonds. The van der Waals surface area contributed by atoms with E-state index >= 15 is 0 Å². The van der Waals surface area contributed by atoms with Crippen LogP contribution in [0, 0.1) is 17.0 Å². The molecule has 1 N–H and O–H groups in total. The van der Waals surface area contributed by atoms with Crippen LogP contribution < -0.4 is 0 Å². The summed E-state index contributed by atoms with van der Waals surface area (Å²) in [6.07, 6.45) is 1.96. The van der Waals surface area contributed by atoms with Crippen LogP contribution in [0.3, 0.4) is 0 Å². The van der Waals surface area contributed by atoms with Crippen LogP contribution in [0.25, 0.3) is 0 Å². The average Bonchev–Trinajstić information content (AvgIpc) is 2.17. The first-order valence-corrected chi connectivity index (χ1v) is 5.81. The molecule has 0 radical (unpaired) electrons. The summed E-state index contributed by atoms with van der Waals surface area (Å²) >= 11 is 1.51. The van der Waals surface area contributed by atoms with E-state index in [4.69, 9.17) is 5.11 Å². The van der Waals surface area contributed by atoms with Gasteiger partial charge in [-0.25, -0.2) is 4.98 Å². The van der Waals surface area contributed by atoms with Gasteiger partial charge in [-0.3, -0.25) is 10.1 Å². The predicted octanol–water partition coefficient (Wildman–Crippen LogP) is 2.16. The Labute approximate surface area is 98.0 Å². The Kier molecular flexibility index (Phi) is 4.70. The van der Waals surface area contributed by atoms with Crippen molar-refractivity contribution in [3.8, 4) is 0 Å². The third-order valence-electron chi connectivity index (χ3n) is 2.11. The highest BCUT2D eigenvalue weighted by atomic mass is 32.2. The molecule has 1 unspecified atom stereocenters. The molecule has 0 aliphatic heterocycles. The van der Waals surface area contributed by atoms with E-state index in [1.807, 2.05) is 6.92 Å². The van der Waals surface area contributed by atoms with Crippen LogP contribution in [-0.2, 0) is 0 Å². The van der Waals surface area contributed by atoms with E-state index in [-0.39, 0.29) is 17.5 Å². The Morgan fingerprint density at radius 1 is 1.69 bits per heavy atom. The Balaban J connectivity index is 2.77. The minimum atomic E-state index is -0.437. The fraction of sp³-hybridized carbons (Fsp3) is 0.500. The second kappa shape index (κ2) is 5.81. The highest BCUT2D eigenvalue weighted by Gasteiger charge is 2.13. The first-order valence-electron chi connectivity index (χ1n) is 4.93. The van der Waals surface area contributed by atoms with Crippen molar-refractivity contribution in [3.63, 3.8) is 0 Å². The average molecular weight is 242 g/mol. The molecule has 1 atom stereocenters. The highest BCUT2D eigenvalue weighted by Crippen LogP contribution is 2.26. The molecule has 0 saturated carbocycles. The van der Waals surface area contributed by atoms with E-state index in [9.17, 15) is 10.1 Å². The number of nitrogens with zero attached hydrogens (tertiary/aromatic N) is 2. The molecular formula is C10H14N2O3S. The second-order valence-corrected chi connectivity index (χ2v) is 4.97. The number of nitro groups is 1. The summed E-state index contributed by atoms with van der Waals surface area (Å²) in [5, 5.41) is 20.3. The molecule has 0 aliphatic rings. The molecular weight excluding hydrogens is 228 g/mol. The summed E-state index contributed by atoms with van der Waals surface area (Å²) in [6.45, 7) is 3.82. The molecule has 6 heteroatoms. The minimum absolute atomic E-state index is 0.0409. The van der Waals surface area contributed by atoms with Gasteiger partial charge in [0, 0.05) is 17.4 Å². The molecule has 1 aromatic heterocycles. The van der Waals surface area contributed by atoms with Gasteiger partial charge in [0.05, 0.1) is 9.95 Å². The lowest BCUT2D eigenvalue weighted by atomic mass is 10.3. The smallest absolute Gasteiger partial charge is 0.290 e. The minimum Gasteiger partial charge on any atom is -0.396 e. The maximum absolute atomic E-state index is 10.6. The van der Waals surface area contributed by atoms with Crippen LogP contribution in [0.2, 0.25) is 0 Å². The molecule has 0 saturated heterocycles.